The molecular weight excluding hydrogens is 531 g/mol. The first-order chi connectivity index (χ1) is 18.6. The molecule has 7 nitrogen and oxygen atoms in total. The van der Waals surface area contributed by atoms with Crippen LogP contribution in [0.5, 0.6) is 5.75 Å². The van der Waals surface area contributed by atoms with Crippen molar-refractivity contribution in [2.24, 2.45) is 0 Å². The minimum absolute atomic E-state index is 0.185. The third-order valence-corrected chi connectivity index (χ3v) is 8.63. The summed E-state index contributed by atoms with van der Waals surface area (Å²) in [6, 6.07) is 16.9. The van der Waals surface area contributed by atoms with Gasteiger partial charge in [0.1, 0.15) is 5.75 Å². The van der Waals surface area contributed by atoms with E-state index in [1.54, 1.807) is 0 Å². The zero-order valence-corrected chi connectivity index (χ0v) is 22.1. The van der Waals surface area contributed by atoms with Crippen LogP contribution in [0.25, 0.3) is 21.8 Å². The molecule has 0 amide bonds. The summed E-state index contributed by atoms with van der Waals surface area (Å²) in [6.45, 7) is 2.77. The van der Waals surface area contributed by atoms with E-state index in [-0.39, 0.29) is 11.4 Å². The van der Waals surface area contributed by atoms with Crippen LogP contribution >= 0.6 is 0 Å². The van der Waals surface area contributed by atoms with Crippen molar-refractivity contribution in [3.8, 4) is 5.75 Å². The van der Waals surface area contributed by atoms with Crippen LogP contribution in [0.3, 0.4) is 0 Å². The Morgan fingerprint density at radius 3 is 2.46 bits per heavy atom. The summed E-state index contributed by atoms with van der Waals surface area (Å²) in [4.78, 5) is -0.233. The SMILES string of the molecule is CCCCc1ccc2c(c1)c1ccccc1n2[C@@H]1CNC[C@H](NS(=O)(=O)c2ccc(OC(F)(F)F)cc2)[C@H]1O. The number of ether oxygens (including phenoxy) is 1. The van der Waals surface area contributed by atoms with Gasteiger partial charge in [0.05, 0.1) is 23.1 Å². The molecule has 3 atom stereocenters. The molecule has 1 aliphatic rings. The molecule has 5 rings (SSSR count). The third kappa shape index (κ3) is 5.76. The maximum atomic E-state index is 13.1. The fraction of sp³-hybridized carbons (Fsp3) is 0.357. The molecule has 2 heterocycles. The number of rotatable bonds is 8. The number of alkyl halides is 3. The largest absolute Gasteiger partial charge is 0.573 e. The number of aliphatic hydroxyl groups excluding tert-OH is 1. The van der Waals surface area contributed by atoms with Gasteiger partial charge in [0.25, 0.3) is 0 Å². The van der Waals surface area contributed by atoms with E-state index in [2.05, 4.69) is 44.5 Å². The van der Waals surface area contributed by atoms with E-state index >= 15 is 0 Å². The zero-order valence-electron chi connectivity index (χ0n) is 21.3. The standard InChI is InChI=1S/C28H30F3N3O4S/c1-2-3-6-18-9-14-25-22(15-18)21-7-4-5-8-24(21)34(25)26-17-32-16-23(27(26)35)33-39(36,37)20-12-10-19(11-13-20)38-28(29,30)31/h4-5,7-15,23,26-27,32-33,35H,2-3,6,16-17H2,1H3/t23-,26+,27+/m0/s1. The third-order valence-electron chi connectivity index (χ3n) is 7.12. The van der Waals surface area contributed by atoms with Crippen molar-refractivity contribution < 1.29 is 31.4 Å². The Kier molecular flexibility index (Phi) is 7.60. The molecule has 0 radical (unpaired) electrons. The average Bonchev–Trinajstić information content (AvgIpc) is 3.21. The number of halogens is 3. The molecule has 4 aromatic rings. The van der Waals surface area contributed by atoms with Gasteiger partial charge in [-0.05, 0) is 60.9 Å². The highest BCUT2D eigenvalue weighted by molar-refractivity contribution is 7.89. The maximum Gasteiger partial charge on any atom is 0.573 e. The van der Waals surface area contributed by atoms with Crippen LogP contribution in [0, 0.1) is 0 Å². The second-order valence-electron chi connectivity index (χ2n) is 9.81. The van der Waals surface area contributed by atoms with Crippen molar-refractivity contribution in [3.05, 3.63) is 72.3 Å². The topological polar surface area (TPSA) is 92.6 Å². The number of nitrogens with zero attached hydrogens (tertiary/aromatic N) is 1. The van der Waals surface area contributed by atoms with Crippen molar-refractivity contribution in [2.75, 3.05) is 13.1 Å². The lowest BCUT2D eigenvalue weighted by molar-refractivity contribution is -0.274. The minimum Gasteiger partial charge on any atom is -0.406 e. The van der Waals surface area contributed by atoms with Crippen LogP contribution < -0.4 is 14.8 Å². The smallest absolute Gasteiger partial charge is 0.406 e. The molecule has 0 saturated carbocycles. The van der Waals surface area contributed by atoms with Gasteiger partial charge in [-0.3, -0.25) is 0 Å². The molecule has 11 heteroatoms. The highest BCUT2D eigenvalue weighted by atomic mass is 32.2. The lowest BCUT2D eigenvalue weighted by Crippen LogP contribution is -2.58. The highest BCUT2D eigenvalue weighted by Gasteiger charge is 2.37. The Hall–Kier alpha value is -3.12. The highest BCUT2D eigenvalue weighted by Crippen LogP contribution is 2.35. The van der Waals surface area contributed by atoms with Gasteiger partial charge in [0, 0.05) is 34.9 Å². The summed E-state index contributed by atoms with van der Waals surface area (Å²) in [6.07, 6.45) is -2.78. The molecule has 0 unspecified atom stereocenters. The van der Waals surface area contributed by atoms with Crippen molar-refractivity contribution in [1.82, 2.24) is 14.6 Å². The molecule has 0 spiro atoms. The number of piperidine rings is 1. The van der Waals surface area contributed by atoms with E-state index in [0.29, 0.717) is 6.54 Å². The van der Waals surface area contributed by atoms with Gasteiger partial charge in [0.15, 0.2) is 0 Å². The summed E-state index contributed by atoms with van der Waals surface area (Å²) >= 11 is 0. The first kappa shape index (κ1) is 27.4. The second kappa shape index (κ2) is 10.8. The van der Waals surface area contributed by atoms with Gasteiger partial charge < -0.3 is 19.7 Å². The molecule has 1 saturated heterocycles. The Morgan fingerprint density at radius 2 is 1.74 bits per heavy atom. The van der Waals surface area contributed by atoms with Gasteiger partial charge in [-0.1, -0.05) is 37.6 Å². The Morgan fingerprint density at radius 1 is 1.03 bits per heavy atom. The molecule has 3 N–H and O–H groups in total. The first-order valence-electron chi connectivity index (χ1n) is 12.9. The first-order valence-corrected chi connectivity index (χ1v) is 14.3. The number of para-hydroxylation sites is 1. The second-order valence-corrected chi connectivity index (χ2v) is 11.5. The Labute approximate surface area is 224 Å². The summed E-state index contributed by atoms with van der Waals surface area (Å²) in [5.74, 6) is -0.523. The van der Waals surface area contributed by atoms with Gasteiger partial charge in [-0.25, -0.2) is 13.1 Å². The quantitative estimate of drug-likeness (QED) is 0.285. The number of hydrogen-bond acceptors (Lipinski definition) is 5. The van der Waals surface area contributed by atoms with Crippen molar-refractivity contribution in [3.63, 3.8) is 0 Å². The van der Waals surface area contributed by atoms with Crippen LogP contribution in [0.2, 0.25) is 0 Å². The average molecular weight is 562 g/mol. The van der Waals surface area contributed by atoms with Crippen LogP contribution in [0.15, 0.2) is 71.6 Å². The van der Waals surface area contributed by atoms with Crippen LogP contribution in [0.4, 0.5) is 13.2 Å². The zero-order chi connectivity index (χ0) is 27.8. The number of aryl methyl sites for hydroxylation is 1. The van der Waals surface area contributed by atoms with Crippen molar-refractivity contribution in [1.29, 1.82) is 0 Å². The normalized spacial score (nSPS) is 20.5. The molecule has 0 aliphatic carbocycles. The summed E-state index contributed by atoms with van der Waals surface area (Å²) < 4.78 is 71.9. The molecular formula is C28H30F3N3O4S. The minimum atomic E-state index is -4.88. The van der Waals surface area contributed by atoms with Crippen LogP contribution in [-0.2, 0) is 16.4 Å². The fourth-order valence-corrected chi connectivity index (χ4v) is 6.54. The van der Waals surface area contributed by atoms with Gasteiger partial charge in [-0.15, -0.1) is 13.2 Å². The van der Waals surface area contributed by atoms with Crippen LogP contribution in [-0.4, -0.2) is 49.7 Å². The monoisotopic (exact) mass is 561 g/mol. The van der Waals surface area contributed by atoms with E-state index in [4.69, 9.17) is 0 Å². The molecule has 39 heavy (non-hydrogen) atoms. The summed E-state index contributed by atoms with van der Waals surface area (Å²) in [5.41, 5.74) is 3.13. The number of unbranched alkanes of at least 4 members (excludes halogenated alkanes) is 1. The van der Waals surface area contributed by atoms with Gasteiger partial charge in [-0.2, -0.15) is 0 Å². The van der Waals surface area contributed by atoms with E-state index in [1.807, 2.05) is 24.3 Å². The van der Waals surface area contributed by atoms with Crippen LogP contribution in [0.1, 0.15) is 31.4 Å². The number of sulfonamides is 1. The van der Waals surface area contributed by atoms with E-state index < -0.39 is 40.3 Å². The number of fused-ring (bicyclic) bond motifs is 3. The lowest BCUT2D eigenvalue weighted by Gasteiger charge is -2.37. The number of hydrogen-bond donors (Lipinski definition) is 3. The van der Waals surface area contributed by atoms with Crippen molar-refractivity contribution in [2.45, 2.75) is 55.6 Å². The van der Waals surface area contributed by atoms with E-state index in [0.717, 1.165) is 65.3 Å². The Bertz CT molecular complexity index is 1570. The van der Waals surface area contributed by atoms with Gasteiger partial charge >= 0.3 is 6.36 Å². The number of aromatic nitrogens is 1. The molecule has 1 aliphatic heterocycles. The summed E-state index contributed by atoms with van der Waals surface area (Å²) in [5, 5.41) is 16.8. The summed E-state index contributed by atoms with van der Waals surface area (Å²) in [7, 11) is -4.14. The molecule has 3 aromatic carbocycles. The predicted octanol–water partition coefficient (Wildman–Crippen LogP) is 4.89. The Balaban J connectivity index is 1.43. The number of benzene rings is 3. The fourth-order valence-electron chi connectivity index (χ4n) is 5.28. The molecule has 208 valence electrons. The number of aliphatic hydroxyl groups is 1. The van der Waals surface area contributed by atoms with Gasteiger partial charge in [0.2, 0.25) is 10.0 Å². The lowest BCUT2D eigenvalue weighted by atomic mass is 9.99. The molecule has 1 fully saturated rings. The van der Waals surface area contributed by atoms with E-state index in [9.17, 15) is 26.7 Å². The predicted molar refractivity (Wildman–Crippen MR) is 143 cm³/mol. The maximum absolute atomic E-state index is 13.1. The number of nitrogens with one attached hydrogen (secondary N) is 2. The van der Waals surface area contributed by atoms with Crippen molar-refractivity contribution >= 4 is 31.8 Å². The van der Waals surface area contributed by atoms with E-state index in [1.165, 1.54) is 5.56 Å². The molecule has 0 bridgehead atoms. The molecule has 1 aromatic heterocycles.